The van der Waals surface area contributed by atoms with Crippen LogP contribution in [-0.2, 0) is 0 Å². The van der Waals surface area contributed by atoms with Crippen LogP contribution < -0.4 is 5.32 Å². The standard InChI is InChI=1S/C15H13BrCl2FN/c1-2-20-15(9-3-5-12(16)14(18)7-9)11-8-10(19)4-6-13(11)17/h3-8,15,20H,2H2,1H3. The van der Waals surface area contributed by atoms with Crippen LogP contribution in [0.4, 0.5) is 4.39 Å². The monoisotopic (exact) mass is 375 g/mol. The fraction of sp³-hybridized carbons (Fsp3) is 0.200. The molecule has 0 heterocycles. The Kier molecular flexibility index (Phi) is 5.44. The van der Waals surface area contributed by atoms with Crippen LogP contribution in [0.5, 0.6) is 0 Å². The van der Waals surface area contributed by atoms with Gasteiger partial charge in [-0.25, -0.2) is 4.39 Å². The van der Waals surface area contributed by atoms with E-state index in [0.717, 1.165) is 16.6 Å². The molecule has 20 heavy (non-hydrogen) atoms. The number of hydrogen-bond acceptors (Lipinski definition) is 1. The van der Waals surface area contributed by atoms with Crippen molar-refractivity contribution in [1.29, 1.82) is 0 Å². The van der Waals surface area contributed by atoms with Crippen LogP contribution in [0.2, 0.25) is 10.0 Å². The maximum Gasteiger partial charge on any atom is 0.123 e. The lowest BCUT2D eigenvalue weighted by Gasteiger charge is -2.20. The second kappa shape index (κ2) is 6.90. The number of benzene rings is 2. The van der Waals surface area contributed by atoms with Crippen LogP contribution in [0.1, 0.15) is 24.1 Å². The molecule has 2 rings (SSSR count). The van der Waals surface area contributed by atoms with Crippen molar-refractivity contribution in [1.82, 2.24) is 5.32 Å². The molecule has 1 unspecified atom stereocenters. The quantitative estimate of drug-likeness (QED) is 0.732. The van der Waals surface area contributed by atoms with Crippen LogP contribution in [0.3, 0.4) is 0 Å². The zero-order chi connectivity index (χ0) is 14.7. The summed E-state index contributed by atoms with van der Waals surface area (Å²) in [5, 5.41) is 4.44. The van der Waals surface area contributed by atoms with Crippen molar-refractivity contribution in [3.63, 3.8) is 0 Å². The van der Waals surface area contributed by atoms with Gasteiger partial charge in [-0.3, -0.25) is 0 Å². The molecule has 0 amide bonds. The Morgan fingerprint density at radius 3 is 2.55 bits per heavy atom. The Balaban J connectivity index is 2.49. The molecule has 0 aliphatic carbocycles. The van der Waals surface area contributed by atoms with Crippen molar-refractivity contribution in [2.45, 2.75) is 13.0 Å². The van der Waals surface area contributed by atoms with Crippen molar-refractivity contribution >= 4 is 39.1 Å². The number of nitrogens with one attached hydrogen (secondary N) is 1. The van der Waals surface area contributed by atoms with Gasteiger partial charge in [0.1, 0.15) is 5.82 Å². The van der Waals surface area contributed by atoms with Crippen LogP contribution >= 0.6 is 39.1 Å². The van der Waals surface area contributed by atoms with Crippen LogP contribution in [-0.4, -0.2) is 6.54 Å². The van der Waals surface area contributed by atoms with Gasteiger partial charge in [0.25, 0.3) is 0 Å². The summed E-state index contributed by atoms with van der Waals surface area (Å²) in [6, 6.07) is 9.82. The minimum Gasteiger partial charge on any atom is -0.306 e. The fourth-order valence-electron chi connectivity index (χ4n) is 2.04. The van der Waals surface area contributed by atoms with Gasteiger partial charge < -0.3 is 5.32 Å². The van der Waals surface area contributed by atoms with E-state index in [4.69, 9.17) is 23.2 Å². The molecule has 0 aliphatic rings. The largest absolute Gasteiger partial charge is 0.306 e. The van der Waals surface area contributed by atoms with E-state index in [9.17, 15) is 4.39 Å². The van der Waals surface area contributed by atoms with Crippen molar-refractivity contribution in [3.05, 3.63) is 67.9 Å². The van der Waals surface area contributed by atoms with Gasteiger partial charge in [0, 0.05) is 9.50 Å². The molecule has 0 fully saturated rings. The average molecular weight is 377 g/mol. The maximum absolute atomic E-state index is 13.5. The van der Waals surface area contributed by atoms with Crippen molar-refractivity contribution in [3.8, 4) is 0 Å². The first kappa shape index (κ1) is 15.8. The minimum absolute atomic E-state index is 0.200. The minimum atomic E-state index is -0.310. The van der Waals surface area contributed by atoms with E-state index in [-0.39, 0.29) is 11.9 Å². The van der Waals surface area contributed by atoms with Crippen LogP contribution in [0, 0.1) is 5.82 Å². The highest BCUT2D eigenvalue weighted by atomic mass is 79.9. The molecular weight excluding hydrogens is 364 g/mol. The lowest BCUT2D eigenvalue weighted by Crippen LogP contribution is -2.22. The third kappa shape index (κ3) is 3.53. The van der Waals surface area contributed by atoms with E-state index in [1.807, 2.05) is 25.1 Å². The van der Waals surface area contributed by atoms with Gasteiger partial charge in [-0.15, -0.1) is 0 Å². The Morgan fingerprint density at radius 2 is 1.90 bits per heavy atom. The molecule has 0 saturated carbocycles. The van der Waals surface area contributed by atoms with Crippen molar-refractivity contribution in [2.24, 2.45) is 0 Å². The number of halogens is 4. The summed E-state index contributed by atoms with van der Waals surface area (Å²) in [6.07, 6.45) is 0. The summed E-state index contributed by atoms with van der Waals surface area (Å²) in [6.45, 7) is 2.71. The van der Waals surface area contributed by atoms with Crippen molar-refractivity contribution < 1.29 is 4.39 Å². The Morgan fingerprint density at radius 1 is 1.15 bits per heavy atom. The van der Waals surface area contributed by atoms with Gasteiger partial charge in [-0.05, 0) is 63.9 Å². The highest BCUT2D eigenvalue weighted by Gasteiger charge is 2.17. The predicted molar refractivity (Wildman–Crippen MR) is 86.1 cm³/mol. The zero-order valence-electron chi connectivity index (χ0n) is 10.8. The third-order valence-corrected chi connectivity index (χ3v) is 4.53. The molecule has 1 N–H and O–H groups in total. The third-order valence-electron chi connectivity index (χ3n) is 2.95. The first-order valence-electron chi connectivity index (χ1n) is 6.16. The highest BCUT2D eigenvalue weighted by molar-refractivity contribution is 9.10. The molecule has 1 nitrogen and oxygen atoms in total. The summed E-state index contributed by atoms with van der Waals surface area (Å²) in [5.41, 5.74) is 1.64. The molecule has 2 aromatic rings. The zero-order valence-corrected chi connectivity index (χ0v) is 13.9. The Hall–Kier alpha value is -0.610. The van der Waals surface area contributed by atoms with Gasteiger partial charge in [0.2, 0.25) is 0 Å². The van der Waals surface area contributed by atoms with Crippen LogP contribution in [0.15, 0.2) is 40.9 Å². The summed E-state index contributed by atoms with van der Waals surface area (Å²) >= 11 is 15.7. The van der Waals surface area contributed by atoms with E-state index < -0.39 is 0 Å². The lowest BCUT2D eigenvalue weighted by molar-refractivity contribution is 0.603. The average Bonchev–Trinajstić information content (AvgIpc) is 2.42. The normalized spacial score (nSPS) is 12.4. The van der Waals surface area contributed by atoms with E-state index in [1.165, 1.54) is 12.1 Å². The second-order valence-electron chi connectivity index (χ2n) is 4.33. The Bertz CT molecular complexity index is 619. The number of hydrogen-bond donors (Lipinski definition) is 1. The van der Waals surface area contributed by atoms with Gasteiger partial charge >= 0.3 is 0 Å². The highest BCUT2D eigenvalue weighted by Crippen LogP contribution is 2.32. The van der Waals surface area contributed by atoms with Gasteiger partial charge in [0.15, 0.2) is 0 Å². The molecule has 5 heteroatoms. The molecule has 0 aromatic heterocycles. The summed E-state index contributed by atoms with van der Waals surface area (Å²) in [4.78, 5) is 0. The summed E-state index contributed by atoms with van der Waals surface area (Å²) in [5.74, 6) is -0.310. The summed E-state index contributed by atoms with van der Waals surface area (Å²) < 4.78 is 14.3. The second-order valence-corrected chi connectivity index (χ2v) is 6.00. The molecule has 106 valence electrons. The van der Waals surface area contributed by atoms with E-state index in [2.05, 4.69) is 21.2 Å². The molecular formula is C15H13BrCl2FN. The molecule has 0 bridgehead atoms. The van der Waals surface area contributed by atoms with E-state index in [1.54, 1.807) is 6.07 Å². The summed E-state index contributed by atoms with van der Waals surface area (Å²) in [7, 11) is 0. The first-order valence-corrected chi connectivity index (χ1v) is 7.71. The van der Waals surface area contributed by atoms with Crippen LogP contribution in [0.25, 0.3) is 0 Å². The van der Waals surface area contributed by atoms with Gasteiger partial charge in [-0.1, -0.05) is 36.2 Å². The molecule has 0 spiro atoms. The molecule has 0 radical (unpaired) electrons. The number of rotatable bonds is 4. The molecule has 1 atom stereocenters. The van der Waals surface area contributed by atoms with Gasteiger partial charge in [-0.2, -0.15) is 0 Å². The molecule has 2 aromatic carbocycles. The van der Waals surface area contributed by atoms with Gasteiger partial charge in [0.05, 0.1) is 11.1 Å². The SMILES string of the molecule is CCNC(c1ccc(Br)c(Cl)c1)c1cc(F)ccc1Cl. The molecule has 0 saturated heterocycles. The smallest absolute Gasteiger partial charge is 0.123 e. The maximum atomic E-state index is 13.5. The first-order chi connectivity index (χ1) is 9.52. The fourth-order valence-corrected chi connectivity index (χ4v) is 2.70. The molecule has 0 aliphatic heterocycles. The lowest BCUT2D eigenvalue weighted by atomic mass is 9.98. The van der Waals surface area contributed by atoms with E-state index in [0.29, 0.717) is 15.6 Å². The Labute approximate surface area is 136 Å². The van der Waals surface area contributed by atoms with E-state index >= 15 is 0 Å². The predicted octanol–water partition coefficient (Wildman–Crippen LogP) is 5.59. The van der Waals surface area contributed by atoms with Crippen molar-refractivity contribution in [2.75, 3.05) is 6.54 Å². The topological polar surface area (TPSA) is 12.0 Å².